The molecule has 0 saturated carbocycles. The molecule has 5 heteroatoms. The Labute approximate surface area is 181 Å². The van der Waals surface area contributed by atoms with E-state index in [0.717, 1.165) is 34.1 Å². The van der Waals surface area contributed by atoms with Crippen molar-refractivity contribution in [2.75, 3.05) is 0 Å². The first kappa shape index (κ1) is 20.4. The van der Waals surface area contributed by atoms with Crippen molar-refractivity contribution >= 4 is 23.0 Å². The van der Waals surface area contributed by atoms with Gasteiger partial charge in [-0.05, 0) is 36.1 Å². The van der Waals surface area contributed by atoms with Crippen LogP contribution >= 0.6 is 0 Å². The number of carbonyl (C=O) groups excluding carboxylic acids is 1. The minimum absolute atomic E-state index is 0.281. The van der Waals surface area contributed by atoms with E-state index in [4.69, 9.17) is 4.98 Å². The van der Waals surface area contributed by atoms with Crippen LogP contribution in [0.4, 0.5) is 0 Å². The number of hydrogen-bond acceptors (Lipinski definition) is 4. The molecule has 2 heterocycles. The average Bonchev–Trinajstić information content (AvgIpc) is 2.83. The Morgan fingerprint density at radius 3 is 2.65 bits per heavy atom. The van der Waals surface area contributed by atoms with Crippen LogP contribution in [0.5, 0.6) is 0 Å². The topological polar surface area (TPSA) is 67.2 Å². The minimum Gasteiger partial charge on any atom is -0.267 e. The lowest BCUT2D eigenvalue weighted by atomic mass is 9.96. The lowest BCUT2D eigenvalue weighted by Gasteiger charge is -2.11. The minimum atomic E-state index is -0.281. The molecular weight excluding hydrogens is 384 g/mol. The molecule has 1 atom stereocenters. The van der Waals surface area contributed by atoms with Gasteiger partial charge >= 0.3 is 0 Å². The van der Waals surface area contributed by atoms with Gasteiger partial charge in [0.15, 0.2) is 0 Å². The molecule has 0 aliphatic rings. The quantitative estimate of drug-likeness (QED) is 0.335. The second-order valence-corrected chi connectivity index (χ2v) is 7.49. The van der Waals surface area contributed by atoms with Gasteiger partial charge in [-0.3, -0.25) is 9.78 Å². The van der Waals surface area contributed by atoms with E-state index in [-0.39, 0.29) is 5.91 Å². The average molecular weight is 409 g/mol. The number of hydrazone groups is 1. The second-order valence-electron chi connectivity index (χ2n) is 7.49. The number of benzene rings is 2. The normalized spacial score (nSPS) is 12.2. The van der Waals surface area contributed by atoms with Crippen LogP contribution in [0.2, 0.25) is 0 Å². The van der Waals surface area contributed by atoms with Crippen molar-refractivity contribution < 1.29 is 4.79 Å². The zero-order valence-corrected chi connectivity index (χ0v) is 17.6. The second kappa shape index (κ2) is 9.30. The molecule has 1 amide bonds. The number of carbonyl (C=O) groups is 1. The number of amides is 1. The molecule has 4 aromatic rings. The predicted molar refractivity (Wildman–Crippen MR) is 125 cm³/mol. The van der Waals surface area contributed by atoms with Crippen molar-refractivity contribution in [1.82, 2.24) is 15.4 Å². The van der Waals surface area contributed by atoms with E-state index in [1.54, 1.807) is 18.6 Å². The summed E-state index contributed by atoms with van der Waals surface area (Å²) in [5, 5.41) is 4.87. The molecule has 4 rings (SSSR count). The first-order valence-corrected chi connectivity index (χ1v) is 10.4. The van der Waals surface area contributed by atoms with Gasteiger partial charge in [0.05, 0.1) is 23.0 Å². The highest BCUT2D eigenvalue weighted by Gasteiger charge is 2.14. The van der Waals surface area contributed by atoms with Crippen molar-refractivity contribution in [2.45, 2.75) is 26.2 Å². The van der Waals surface area contributed by atoms with E-state index < -0.39 is 0 Å². The van der Waals surface area contributed by atoms with Crippen LogP contribution in [0.15, 0.2) is 84.2 Å². The summed E-state index contributed by atoms with van der Waals surface area (Å²) in [4.78, 5) is 21.8. The smallest absolute Gasteiger partial charge is 0.267 e. The standard InChI is InChI=1S/C26H24N4O/c1-3-18(2)20-10-12-21(13-11-20)25-15-23(22-8-4-5-9-24(22)29-25)26(31)30-28-17-19-7-6-14-27-16-19/h4-18H,3H2,1-2H3,(H,30,31)/b28-17-/t18-/m1/s1. The lowest BCUT2D eigenvalue weighted by Crippen LogP contribution is -2.18. The van der Waals surface area contributed by atoms with E-state index in [2.05, 4.69) is 53.6 Å². The van der Waals surface area contributed by atoms with E-state index in [0.29, 0.717) is 11.5 Å². The van der Waals surface area contributed by atoms with Gasteiger partial charge in [-0.2, -0.15) is 5.10 Å². The molecule has 5 nitrogen and oxygen atoms in total. The maximum absolute atomic E-state index is 12.9. The van der Waals surface area contributed by atoms with Crippen LogP contribution in [0.1, 0.15) is 47.7 Å². The van der Waals surface area contributed by atoms with Gasteiger partial charge in [0.1, 0.15) is 0 Å². The molecule has 0 fully saturated rings. The molecule has 31 heavy (non-hydrogen) atoms. The molecule has 0 aliphatic carbocycles. The Balaban J connectivity index is 1.66. The largest absolute Gasteiger partial charge is 0.272 e. The number of para-hydroxylation sites is 1. The highest BCUT2D eigenvalue weighted by Crippen LogP contribution is 2.27. The number of hydrogen-bond donors (Lipinski definition) is 1. The summed E-state index contributed by atoms with van der Waals surface area (Å²) < 4.78 is 0. The number of aromatic nitrogens is 2. The van der Waals surface area contributed by atoms with Gasteiger partial charge in [-0.25, -0.2) is 10.4 Å². The number of rotatable bonds is 6. The fourth-order valence-corrected chi connectivity index (χ4v) is 3.41. The number of pyridine rings is 2. The Hall–Kier alpha value is -3.86. The van der Waals surface area contributed by atoms with Gasteiger partial charge < -0.3 is 0 Å². The Kier molecular flexibility index (Phi) is 6.13. The van der Waals surface area contributed by atoms with E-state index >= 15 is 0 Å². The van der Waals surface area contributed by atoms with Crippen molar-refractivity contribution in [1.29, 1.82) is 0 Å². The summed E-state index contributed by atoms with van der Waals surface area (Å²) >= 11 is 0. The van der Waals surface area contributed by atoms with Crippen molar-refractivity contribution in [2.24, 2.45) is 5.10 Å². The van der Waals surface area contributed by atoms with Gasteiger partial charge in [-0.15, -0.1) is 0 Å². The highest BCUT2D eigenvalue weighted by molar-refractivity contribution is 6.07. The monoisotopic (exact) mass is 408 g/mol. The molecule has 0 spiro atoms. The third-order valence-corrected chi connectivity index (χ3v) is 5.41. The fourth-order valence-electron chi connectivity index (χ4n) is 3.41. The molecule has 0 unspecified atom stereocenters. The maximum Gasteiger partial charge on any atom is 0.272 e. The molecule has 154 valence electrons. The molecular formula is C26H24N4O. The van der Waals surface area contributed by atoms with E-state index in [1.165, 1.54) is 5.56 Å². The summed E-state index contributed by atoms with van der Waals surface area (Å²) in [7, 11) is 0. The number of nitrogens with one attached hydrogen (secondary N) is 1. The van der Waals surface area contributed by atoms with Gasteiger partial charge in [-0.1, -0.05) is 62.4 Å². The fraction of sp³-hybridized carbons (Fsp3) is 0.154. The summed E-state index contributed by atoms with van der Waals surface area (Å²) in [6, 6.07) is 21.6. The third kappa shape index (κ3) is 4.67. The molecule has 0 radical (unpaired) electrons. The first-order chi connectivity index (χ1) is 15.2. The van der Waals surface area contributed by atoms with Crippen molar-refractivity contribution in [3.8, 4) is 11.3 Å². The number of fused-ring (bicyclic) bond motifs is 1. The van der Waals surface area contributed by atoms with Crippen LogP contribution in [0, 0.1) is 0 Å². The van der Waals surface area contributed by atoms with Crippen molar-refractivity contribution in [3.05, 3.63) is 95.8 Å². The zero-order valence-electron chi connectivity index (χ0n) is 17.6. The van der Waals surface area contributed by atoms with Crippen LogP contribution in [-0.4, -0.2) is 22.1 Å². The third-order valence-electron chi connectivity index (χ3n) is 5.41. The summed E-state index contributed by atoms with van der Waals surface area (Å²) in [5.41, 5.74) is 7.78. The van der Waals surface area contributed by atoms with Crippen LogP contribution in [0.3, 0.4) is 0 Å². The molecule has 0 saturated heterocycles. The predicted octanol–water partition coefficient (Wildman–Crippen LogP) is 5.57. The zero-order chi connectivity index (χ0) is 21.6. The Bertz CT molecular complexity index is 1220. The SMILES string of the molecule is CC[C@@H](C)c1ccc(-c2cc(C(=O)N/N=C\c3cccnc3)c3ccccc3n2)cc1. The lowest BCUT2D eigenvalue weighted by molar-refractivity contribution is 0.0956. The molecule has 0 aliphatic heterocycles. The van der Waals surface area contributed by atoms with E-state index in [9.17, 15) is 4.79 Å². The molecule has 2 aromatic carbocycles. The van der Waals surface area contributed by atoms with E-state index in [1.807, 2.05) is 42.5 Å². The highest BCUT2D eigenvalue weighted by atomic mass is 16.2. The van der Waals surface area contributed by atoms with Gasteiger partial charge in [0.25, 0.3) is 5.91 Å². The molecule has 1 N–H and O–H groups in total. The molecule has 0 bridgehead atoms. The van der Waals surface area contributed by atoms with Crippen LogP contribution in [0.25, 0.3) is 22.2 Å². The molecule has 2 aromatic heterocycles. The Morgan fingerprint density at radius 2 is 1.90 bits per heavy atom. The Morgan fingerprint density at radius 1 is 1.10 bits per heavy atom. The summed E-state index contributed by atoms with van der Waals surface area (Å²) in [6.07, 6.45) is 6.04. The first-order valence-electron chi connectivity index (χ1n) is 10.4. The summed E-state index contributed by atoms with van der Waals surface area (Å²) in [6.45, 7) is 4.41. The maximum atomic E-state index is 12.9. The van der Waals surface area contributed by atoms with Crippen molar-refractivity contribution in [3.63, 3.8) is 0 Å². The van der Waals surface area contributed by atoms with Crippen LogP contribution in [-0.2, 0) is 0 Å². The number of nitrogens with zero attached hydrogens (tertiary/aromatic N) is 3. The van der Waals surface area contributed by atoms with Crippen LogP contribution < -0.4 is 5.43 Å². The summed E-state index contributed by atoms with van der Waals surface area (Å²) in [5.74, 6) is 0.230. The van der Waals surface area contributed by atoms with Gasteiger partial charge in [0.2, 0.25) is 0 Å². The van der Waals surface area contributed by atoms with Gasteiger partial charge in [0, 0.05) is 28.9 Å².